The number of carboxylic acids is 1. The van der Waals surface area contributed by atoms with Crippen LogP contribution in [0.15, 0.2) is 23.0 Å². The fraction of sp³-hybridized carbons (Fsp3) is 0.429. The van der Waals surface area contributed by atoms with Crippen molar-refractivity contribution in [1.29, 1.82) is 0 Å². The lowest BCUT2D eigenvalue weighted by atomic mass is 9.98. The van der Waals surface area contributed by atoms with Gasteiger partial charge in [0.05, 0.1) is 16.6 Å². The van der Waals surface area contributed by atoms with E-state index in [0.29, 0.717) is 29.4 Å². The lowest BCUT2D eigenvalue weighted by molar-refractivity contribution is 0.0699. The van der Waals surface area contributed by atoms with Crippen molar-refractivity contribution in [3.05, 3.63) is 34.2 Å². The van der Waals surface area contributed by atoms with Gasteiger partial charge in [-0.05, 0) is 24.0 Å². The van der Waals surface area contributed by atoms with Crippen molar-refractivity contribution in [1.82, 2.24) is 9.55 Å². The van der Waals surface area contributed by atoms with Gasteiger partial charge in [0.15, 0.2) is 0 Å². The van der Waals surface area contributed by atoms with Crippen molar-refractivity contribution in [2.24, 2.45) is 11.8 Å². The number of imidazole rings is 1. The third-order valence-electron chi connectivity index (χ3n) is 3.65. The maximum atomic E-state index is 12.0. The zero-order chi connectivity index (χ0) is 14.2. The second kappa shape index (κ2) is 4.91. The number of H-pyrrole nitrogens is 1. The summed E-state index contributed by atoms with van der Waals surface area (Å²) in [5.41, 5.74) is 0.926. The first-order chi connectivity index (χ1) is 8.91. The number of aromatic nitrogens is 2. The Bertz CT molecular complexity index is 667. The van der Waals surface area contributed by atoms with E-state index in [1.54, 1.807) is 16.7 Å². The van der Waals surface area contributed by atoms with Gasteiger partial charge in [-0.15, -0.1) is 0 Å². The molecule has 0 saturated carbocycles. The summed E-state index contributed by atoms with van der Waals surface area (Å²) < 4.78 is 1.62. The van der Waals surface area contributed by atoms with E-state index >= 15 is 0 Å². The maximum Gasteiger partial charge on any atom is 0.337 e. The second-order valence-corrected chi connectivity index (χ2v) is 5.27. The van der Waals surface area contributed by atoms with E-state index in [9.17, 15) is 9.59 Å². The van der Waals surface area contributed by atoms with Crippen molar-refractivity contribution >= 4 is 17.0 Å². The van der Waals surface area contributed by atoms with Crippen molar-refractivity contribution in [3.8, 4) is 0 Å². The van der Waals surface area contributed by atoms with Crippen LogP contribution in [0.3, 0.4) is 0 Å². The molecule has 2 N–H and O–H groups in total. The molecular weight excluding hydrogens is 244 g/mol. The third-order valence-corrected chi connectivity index (χ3v) is 3.65. The second-order valence-electron chi connectivity index (χ2n) is 5.27. The molecule has 102 valence electrons. The normalized spacial score (nSPS) is 13.1. The predicted molar refractivity (Wildman–Crippen MR) is 73.5 cm³/mol. The zero-order valence-corrected chi connectivity index (χ0v) is 11.3. The Kier molecular flexibility index (Phi) is 3.46. The molecular formula is C14H18N2O3. The van der Waals surface area contributed by atoms with Crippen molar-refractivity contribution in [2.75, 3.05) is 0 Å². The van der Waals surface area contributed by atoms with Gasteiger partial charge in [0.25, 0.3) is 0 Å². The van der Waals surface area contributed by atoms with Gasteiger partial charge in [0.1, 0.15) is 0 Å². The molecule has 0 bridgehead atoms. The summed E-state index contributed by atoms with van der Waals surface area (Å²) in [4.78, 5) is 25.8. The Hall–Kier alpha value is -2.04. The average molecular weight is 262 g/mol. The fourth-order valence-corrected chi connectivity index (χ4v) is 2.04. The van der Waals surface area contributed by atoms with Gasteiger partial charge in [-0.1, -0.05) is 26.8 Å². The van der Waals surface area contributed by atoms with E-state index in [1.807, 2.05) is 0 Å². The zero-order valence-electron chi connectivity index (χ0n) is 11.3. The molecule has 1 aromatic carbocycles. The average Bonchev–Trinajstić information content (AvgIpc) is 2.65. The maximum absolute atomic E-state index is 12.0. The van der Waals surface area contributed by atoms with Crippen LogP contribution >= 0.6 is 0 Å². The molecule has 0 fully saturated rings. The number of hydrogen-bond acceptors (Lipinski definition) is 2. The molecule has 0 saturated heterocycles. The molecule has 0 radical (unpaired) electrons. The SMILES string of the molecule is CC(C)C(C)Cn1c(=O)[nH]c2c(C(=O)O)cccc21. The van der Waals surface area contributed by atoms with Crippen LogP contribution in [0.2, 0.25) is 0 Å². The van der Waals surface area contributed by atoms with E-state index in [0.717, 1.165) is 0 Å². The first-order valence-corrected chi connectivity index (χ1v) is 6.36. The van der Waals surface area contributed by atoms with Gasteiger partial charge in [-0.3, -0.25) is 4.57 Å². The molecule has 2 rings (SSSR count). The van der Waals surface area contributed by atoms with Gasteiger partial charge in [-0.25, -0.2) is 9.59 Å². The highest BCUT2D eigenvalue weighted by molar-refractivity contribution is 6.00. The summed E-state index contributed by atoms with van der Waals surface area (Å²) in [7, 11) is 0. The number of rotatable bonds is 4. The predicted octanol–water partition coefficient (Wildman–Crippen LogP) is 2.32. The van der Waals surface area contributed by atoms with Crippen LogP contribution in [-0.2, 0) is 6.54 Å². The molecule has 0 aliphatic rings. The molecule has 19 heavy (non-hydrogen) atoms. The quantitative estimate of drug-likeness (QED) is 0.887. The molecule has 5 nitrogen and oxygen atoms in total. The third kappa shape index (κ3) is 2.41. The van der Waals surface area contributed by atoms with Crippen LogP contribution < -0.4 is 5.69 Å². The van der Waals surface area contributed by atoms with Gasteiger partial charge < -0.3 is 10.1 Å². The number of aromatic amines is 1. The monoisotopic (exact) mass is 262 g/mol. The van der Waals surface area contributed by atoms with Gasteiger partial charge in [-0.2, -0.15) is 0 Å². The Labute approximate surface area is 110 Å². The van der Waals surface area contributed by atoms with Crippen LogP contribution in [0.5, 0.6) is 0 Å². The largest absolute Gasteiger partial charge is 0.478 e. The van der Waals surface area contributed by atoms with Crippen LogP contribution in [0.4, 0.5) is 0 Å². The van der Waals surface area contributed by atoms with E-state index in [4.69, 9.17) is 5.11 Å². The van der Waals surface area contributed by atoms with Gasteiger partial charge in [0, 0.05) is 6.54 Å². The summed E-state index contributed by atoms with van der Waals surface area (Å²) in [5, 5.41) is 9.12. The molecule has 0 aliphatic carbocycles. The summed E-state index contributed by atoms with van der Waals surface area (Å²) >= 11 is 0. The fourth-order valence-electron chi connectivity index (χ4n) is 2.04. The Morgan fingerprint density at radius 3 is 2.63 bits per heavy atom. The summed E-state index contributed by atoms with van der Waals surface area (Å²) in [6, 6.07) is 4.93. The minimum absolute atomic E-state index is 0.130. The Morgan fingerprint density at radius 2 is 2.05 bits per heavy atom. The van der Waals surface area contributed by atoms with Gasteiger partial charge in [0.2, 0.25) is 0 Å². The molecule has 1 unspecified atom stereocenters. The number of fused-ring (bicyclic) bond motifs is 1. The summed E-state index contributed by atoms with van der Waals surface area (Å²) in [5.74, 6) is -0.236. The highest BCUT2D eigenvalue weighted by Crippen LogP contribution is 2.18. The number of nitrogens with zero attached hydrogens (tertiary/aromatic N) is 1. The Balaban J connectivity index is 2.57. The molecule has 5 heteroatoms. The highest BCUT2D eigenvalue weighted by atomic mass is 16.4. The molecule has 1 aromatic heterocycles. The topological polar surface area (TPSA) is 75.1 Å². The molecule has 0 spiro atoms. The van der Waals surface area contributed by atoms with Crippen LogP contribution in [0, 0.1) is 11.8 Å². The van der Waals surface area contributed by atoms with Crippen LogP contribution in [0.25, 0.3) is 11.0 Å². The van der Waals surface area contributed by atoms with Crippen molar-refractivity contribution in [2.45, 2.75) is 27.3 Å². The first kappa shape index (κ1) is 13.4. The molecule has 2 aromatic rings. The summed E-state index contributed by atoms with van der Waals surface area (Å²) in [6.07, 6.45) is 0. The molecule has 1 atom stereocenters. The standard InChI is InChI=1S/C14H18N2O3/c1-8(2)9(3)7-16-11-6-4-5-10(13(17)18)12(11)15-14(16)19/h4-6,8-9H,7H2,1-3H3,(H,15,19)(H,17,18). The van der Waals surface area contributed by atoms with E-state index in [-0.39, 0.29) is 11.3 Å². The Morgan fingerprint density at radius 1 is 1.37 bits per heavy atom. The first-order valence-electron chi connectivity index (χ1n) is 6.36. The highest BCUT2D eigenvalue weighted by Gasteiger charge is 2.16. The number of hydrogen-bond donors (Lipinski definition) is 2. The van der Waals surface area contributed by atoms with Crippen molar-refractivity contribution in [3.63, 3.8) is 0 Å². The lowest BCUT2D eigenvalue weighted by Gasteiger charge is -2.15. The van der Waals surface area contributed by atoms with Crippen molar-refractivity contribution < 1.29 is 9.90 Å². The smallest absolute Gasteiger partial charge is 0.337 e. The number of aromatic carboxylic acids is 1. The van der Waals surface area contributed by atoms with E-state index in [1.165, 1.54) is 6.07 Å². The minimum Gasteiger partial charge on any atom is -0.478 e. The molecule has 0 aliphatic heterocycles. The molecule has 1 heterocycles. The molecule has 0 amide bonds. The van der Waals surface area contributed by atoms with Crippen LogP contribution in [0.1, 0.15) is 31.1 Å². The number of carbonyl (C=O) groups is 1. The number of carboxylic acid groups (broad SMARTS) is 1. The number of nitrogens with one attached hydrogen (secondary N) is 1. The summed E-state index contributed by atoms with van der Waals surface area (Å²) in [6.45, 7) is 6.87. The van der Waals surface area contributed by atoms with E-state index in [2.05, 4.69) is 25.8 Å². The van der Waals surface area contributed by atoms with Crippen LogP contribution in [-0.4, -0.2) is 20.6 Å². The van der Waals surface area contributed by atoms with E-state index < -0.39 is 5.97 Å². The number of para-hydroxylation sites is 1. The van der Waals surface area contributed by atoms with Gasteiger partial charge >= 0.3 is 11.7 Å². The number of benzene rings is 1. The lowest BCUT2D eigenvalue weighted by Crippen LogP contribution is -2.22. The minimum atomic E-state index is -1.03.